The van der Waals surface area contributed by atoms with Gasteiger partial charge in [0.2, 0.25) is 0 Å². The maximum absolute atomic E-state index is 16.6. The lowest BCUT2D eigenvalue weighted by molar-refractivity contribution is -0.0453. The van der Waals surface area contributed by atoms with Crippen LogP contribution in [0.4, 0.5) is 8.78 Å². The molecule has 4 aromatic rings. The molecule has 0 amide bonds. The van der Waals surface area contributed by atoms with E-state index in [1.165, 1.54) is 12.4 Å². The van der Waals surface area contributed by atoms with Crippen molar-refractivity contribution in [2.24, 2.45) is 5.92 Å². The van der Waals surface area contributed by atoms with Gasteiger partial charge in [0.15, 0.2) is 5.82 Å². The van der Waals surface area contributed by atoms with Gasteiger partial charge in [0.25, 0.3) is 0 Å². The van der Waals surface area contributed by atoms with E-state index >= 15 is 4.39 Å². The van der Waals surface area contributed by atoms with Gasteiger partial charge in [-0.1, -0.05) is 54.9 Å². The molecule has 1 aliphatic heterocycles. The number of hydrogen-bond acceptors (Lipinski definition) is 4. The van der Waals surface area contributed by atoms with E-state index in [1.54, 1.807) is 18.2 Å². The average molecular weight is 518 g/mol. The largest absolute Gasteiger partial charge is 0.291 e. The first kappa shape index (κ1) is 25.1. The number of nitriles is 1. The van der Waals surface area contributed by atoms with Crippen LogP contribution in [0.15, 0.2) is 73.1 Å². The third kappa shape index (κ3) is 5.00. The summed E-state index contributed by atoms with van der Waals surface area (Å²) in [4.78, 5) is 6.32. The first-order valence-corrected chi connectivity index (χ1v) is 12.6. The molecule has 5 rings (SSSR count). The summed E-state index contributed by atoms with van der Waals surface area (Å²) < 4.78 is 31.3. The van der Waals surface area contributed by atoms with Crippen LogP contribution in [0.3, 0.4) is 0 Å². The molecule has 8 heteroatoms. The highest BCUT2D eigenvalue weighted by Crippen LogP contribution is 2.43. The van der Waals surface area contributed by atoms with Crippen molar-refractivity contribution in [2.45, 2.75) is 31.5 Å². The van der Waals surface area contributed by atoms with E-state index in [2.05, 4.69) is 26.2 Å². The summed E-state index contributed by atoms with van der Waals surface area (Å²) in [6.45, 7) is 2.89. The Morgan fingerprint density at radius 2 is 1.89 bits per heavy atom. The van der Waals surface area contributed by atoms with Crippen LogP contribution in [0.25, 0.3) is 11.4 Å². The average Bonchev–Trinajstić information content (AvgIpc) is 3.41. The minimum atomic E-state index is -1.53. The smallest absolute Gasteiger partial charge is 0.158 e. The molecule has 37 heavy (non-hydrogen) atoms. The van der Waals surface area contributed by atoms with E-state index in [4.69, 9.17) is 11.6 Å². The van der Waals surface area contributed by atoms with Gasteiger partial charge < -0.3 is 0 Å². The minimum absolute atomic E-state index is 0.0747. The standard InChI is InChI=1S/C29H26ClF2N5/c1-2-29(32,14-22-7-4-8-25(31)26(22)28-34-18-35-36-28)23-16-37(17-23)27(20-9-11-24(30)12-10-20)21-6-3-5-19(13-21)15-33/h3-13,18,23,27H,2,14,16-17H2,1H3,(H,34,35,36)/t27-,29-/m0/s1. The summed E-state index contributed by atoms with van der Waals surface area (Å²) in [5.74, 6) is -0.401. The maximum atomic E-state index is 16.6. The number of alkyl halides is 1. The predicted molar refractivity (Wildman–Crippen MR) is 139 cm³/mol. The van der Waals surface area contributed by atoms with Crippen molar-refractivity contribution in [1.29, 1.82) is 5.26 Å². The lowest BCUT2D eigenvalue weighted by Crippen LogP contribution is -2.57. The van der Waals surface area contributed by atoms with E-state index in [0.717, 1.165) is 11.1 Å². The second-order valence-electron chi connectivity index (χ2n) is 9.52. The van der Waals surface area contributed by atoms with Crippen LogP contribution in [-0.4, -0.2) is 38.8 Å². The molecule has 1 aliphatic rings. The van der Waals surface area contributed by atoms with Crippen molar-refractivity contribution in [1.82, 2.24) is 20.1 Å². The number of benzene rings is 3. The molecule has 0 unspecified atom stereocenters. The second-order valence-corrected chi connectivity index (χ2v) is 9.95. The zero-order chi connectivity index (χ0) is 26.0. The number of hydrogen-bond donors (Lipinski definition) is 1. The molecule has 1 saturated heterocycles. The molecular formula is C29H26ClF2N5. The molecule has 188 valence electrons. The fraction of sp³-hybridized carbons (Fsp3) is 0.276. The molecule has 0 radical (unpaired) electrons. The fourth-order valence-electron chi connectivity index (χ4n) is 5.27. The minimum Gasteiger partial charge on any atom is -0.291 e. The molecule has 3 aromatic carbocycles. The fourth-order valence-corrected chi connectivity index (χ4v) is 5.40. The Kier molecular flexibility index (Phi) is 7.05. The Bertz CT molecular complexity index is 1410. The first-order valence-electron chi connectivity index (χ1n) is 12.2. The van der Waals surface area contributed by atoms with Gasteiger partial charge in [-0.25, -0.2) is 13.8 Å². The molecule has 5 nitrogen and oxygen atoms in total. The number of aromatic amines is 1. The van der Waals surface area contributed by atoms with Gasteiger partial charge >= 0.3 is 0 Å². The van der Waals surface area contributed by atoms with Crippen molar-refractivity contribution >= 4 is 11.6 Å². The van der Waals surface area contributed by atoms with Gasteiger partial charge in [0.1, 0.15) is 17.8 Å². The van der Waals surface area contributed by atoms with Crippen molar-refractivity contribution in [3.63, 3.8) is 0 Å². The number of nitrogens with one attached hydrogen (secondary N) is 1. The molecule has 0 bridgehead atoms. The van der Waals surface area contributed by atoms with Crippen molar-refractivity contribution in [3.8, 4) is 17.5 Å². The molecule has 0 aliphatic carbocycles. The Hall–Kier alpha value is -3.60. The van der Waals surface area contributed by atoms with Crippen LogP contribution >= 0.6 is 11.6 Å². The van der Waals surface area contributed by atoms with Crippen molar-refractivity contribution in [2.75, 3.05) is 13.1 Å². The molecule has 2 atom stereocenters. The lowest BCUT2D eigenvalue weighted by atomic mass is 9.75. The van der Waals surface area contributed by atoms with Crippen LogP contribution < -0.4 is 0 Å². The van der Waals surface area contributed by atoms with Gasteiger partial charge in [-0.15, -0.1) is 0 Å². The third-order valence-electron chi connectivity index (χ3n) is 7.35. The number of aromatic nitrogens is 3. The SMILES string of the molecule is CC[C@](F)(Cc1cccc(F)c1-c1ncn[nH]1)C1CN([C@@H](c2ccc(Cl)cc2)c2cccc(C#N)c2)C1. The summed E-state index contributed by atoms with van der Waals surface area (Å²) in [6, 6.07) is 21.9. The van der Waals surface area contributed by atoms with Gasteiger partial charge in [0.05, 0.1) is 23.2 Å². The van der Waals surface area contributed by atoms with Crippen LogP contribution in [0.2, 0.25) is 5.02 Å². The number of H-pyrrole nitrogens is 1. The van der Waals surface area contributed by atoms with Crippen molar-refractivity contribution in [3.05, 3.63) is 106 Å². The Morgan fingerprint density at radius 1 is 1.14 bits per heavy atom. The van der Waals surface area contributed by atoms with E-state index in [9.17, 15) is 9.65 Å². The van der Waals surface area contributed by atoms with Gasteiger partial charge in [-0.3, -0.25) is 10.00 Å². The predicted octanol–water partition coefficient (Wildman–Crippen LogP) is 6.52. The topological polar surface area (TPSA) is 68.6 Å². The van der Waals surface area contributed by atoms with E-state index < -0.39 is 11.5 Å². The number of nitrogens with zero attached hydrogens (tertiary/aromatic N) is 4. The summed E-state index contributed by atoms with van der Waals surface area (Å²) in [7, 11) is 0. The summed E-state index contributed by atoms with van der Waals surface area (Å²) in [5, 5.41) is 16.6. The van der Waals surface area contributed by atoms with Crippen LogP contribution in [0.5, 0.6) is 0 Å². The second kappa shape index (κ2) is 10.4. The lowest BCUT2D eigenvalue weighted by Gasteiger charge is -2.50. The quantitative estimate of drug-likeness (QED) is 0.289. The highest BCUT2D eigenvalue weighted by Gasteiger charge is 2.47. The molecule has 2 heterocycles. The third-order valence-corrected chi connectivity index (χ3v) is 7.60. The molecular weight excluding hydrogens is 492 g/mol. The van der Waals surface area contributed by atoms with Crippen molar-refractivity contribution < 1.29 is 8.78 Å². The monoisotopic (exact) mass is 517 g/mol. The maximum Gasteiger partial charge on any atom is 0.158 e. The molecule has 0 spiro atoms. The summed E-state index contributed by atoms with van der Waals surface area (Å²) in [5.41, 5.74) is 1.87. The van der Waals surface area contributed by atoms with Crippen LogP contribution in [-0.2, 0) is 6.42 Å². The molecule has 1 fully saturated rings. The zero-order valence-corrected chi connectivity index (χ0v) is 21.1. The highest BCUT2D eigenvalue weighted by molar-refractivity contribution is 6.30. The molecule has 1 N–H and O–H groups in total. The Balaban J connectivity index is 1.41. The summed E-state index contributed by atoms with van der Waals surface area (Å²) >= 11 is 6.13. The molecule has 0 saturated carbocycles. The van der Waals surface area contributed by atoms with Gasteiger partial charge in [0, 0.05) is 30.5 Å². The number of rotatable bonds is 8. The van der Waals surface area contributed by atoms with Crippen LogP contribution in [0.1, 0.15) is 41.6 Å². The first-order chi connectivity index (χ1) is 17.9. The normalized spacial score (nSPS) is 16.5. The Labute approximate surface area is 219 Å². The number of halogens is 3. The highest BCUT2D eigenvalue weighted by atomic mass is 35.5. The van der Waals surface area contributed by atoms with E-state index in [0.29, 0.717) is 41.5 Å². The zero-order valence-electron chi connectivity index (χ0n) is 20.3. The van der Waals surface area contributed by atoms with E-state index in [-0.39, 0.29) is 23.9 Å². The van der Waals surface area contributed by atoms with Crippen LogP contribution in [0, 0.1) is 23.1 Å². The van der Waals surface area contributed by atoms with Gasteiger partial charge in [-0.05, 0) is 53.4 Å². The number of likely N-dealkylation sites (tertiary alicyclic amines) is 1. The summed E-state index contributed by atoms with van der Waals surface area (Å²) in [6.07, 6.45) is 1.69. The molecule has 1 aromatic heterocycles. The van der Waals surface area contributed by atoms with Gasteiger partial charge in [-0.2, -0.15) is 10.4 Å². The van der Waals surface area contributed by atoms with E-state index in [1.807, 2.05) is 49.4 Å². The Morgan fingerprint density at radius 3 is 2.57 bits per heavy atom.